The zero-order valence-electron chi connectivity index (χ0n) is 14.1. The number of carbonyl (C=O) groups excluding carboxylic acids is 1. The van der Waals surface area contributed by atoms with Crippen LogP contribution in [0.3, 0.4) is 0 Å². The molecule has 3 aromatic carbocycles. The van der Waals surface area contributed by atoms with E-state index in [9.17, 15) is 13.2 Å². The molecule has 3 rings (SSSR count). The van der Waals surface area contributed by atoms with Crippen molar-refractivity contribution in [3.8, 4) is 6.07 Å². The molecule has 3 aromatic rings. The van der Waals surface area contributed by atoms with E-state index >= 15 is 0 Å². The standard InChI is InChI=1S/C20H15N3O3S/c21-14-15-9-11-18(12-10-15)23-27(25,26)19-8-4-5-16(13-19)20(24)22-17-6-2-1-3-7-17/h1-13,23H,(H,22,24). The number of sulfonamides is 1. The molecule has 7 heteroatoms. The van der Waals surface area contributed by atoms with Gasteiger partial charge in [0.05, 0.1) is 16.5 Å². The molecule has 0 aliphatic heterocycles. The molecule has 1 amide bonds. The summed E-state index contributed by atoms with van der Waals surface area (Å²) < 4.78 is 27.6. The summed E-state index contributed by atoms with van der Waals surface area (Å²) in [6.45, 7) is 0. The van der Waals surface area contributed by atoms with Crippen LogP contribution in [0.25, 0.3) is 0 Å². The molecule has 2 N–H and O–H groups in total. The Bertz CT molecular complexity index is 1100. The van der Waals surface area contributed by atoms with Crippen LogP contribution in [0.1, 0.15) is 15.9 Å². The number of para-hydroxylation sites is 1. The molecule has 0 aliphatic carbocycles. The van der Waals surface area contributed by atoms with Gasteiger partial charge in [0.25, 0.3) is 15.9 Å². The smallest absolute Gasteiger partial charge is 0.261 e. The average molecular weight is 377 g/mol. The van der Waals surface area contributed by atoms with E-state index in [-0.39, 0.29) is 10.5 Å². The van der Waals surface area contributed by atoms with Crippen molar-refractivity contribution in [2.45, 2.75) is 4.90 Å². The second kappa shape index (κ2) is 7.72. The van der Waals surface area contributed by atoms with Gasteiger partial charge < -0.3 is 5.32 Å². The number of carbonyl (C=O) groups is 1. The summed E-state index contributed by atoms with van der Waals surface area (Å²) in [6.07, 6.45) is 0. The maximum atomic E-state index is 12.6. The first-order chi connectivity index (χ1) is 13.0. The van der Waals surface area contributed by atoms with Gasteiger partial charge in [-0.1, -0.05) is 24.3 Å². The van der Waals surface area contributed by atoms with Crippen LogP contribution in [0.2, 0.25) is 0 Å². The van der Waals surface area contributed by atoms with Gasteiger partial charge in [-0.2, -0.15) is 5.26 Å². The highest BCUT2D eigenvalue weighted by Crippen LogP contribution is 2.18. The van der Waals surface area contributed by atoms with Crippen LogP contribution in [0, 0.1) is 11.3 Å². The molecular weight excluding hydrogens is 362 g/mol. The van der Waals surface area contributed by atoms with Gasteiger partial charge in [-0.25, -0.2) is 8.42 Å². The van der Waals surface area contributed by atoms with Crippen LogP contribution in [-0.4, -0.2) is 14.3 Å². The second-order valence-electron chi connectivity index (χ2n) is 5.64. The predicted octanol–water partition coefficient (Wildman–Crippen LogP) is 3.61. The predicted molar refractivity (Wildman–Crippen MR) is 103 cm³/mol. The Kier molecular flexibility index (Phi) is 5.20. The molecule has 0 fully saturated rings. The minimum absolute atomic E-state index is 0.0347. The van der Waals surface area contributed by atoms with Crippen LogP contribution in [0.4, 0.5) is 11.4 Å². The molecule has 0 radical (unpaired) electrons. The van der Waals surface area contributed by atoms with Crippen LogP contribution >= 0.6 is 0 Å². The number of hydrogen-bond acceptors (Lipinski definition) is 4. The molecule has 0 aromatic heterocycles. The monoisotopic (exact) mass is 377 g/mol. The third-order valence-electron chi connectivity index (χ3n) is 3.70. The van der Waals surface area contributed by atoms with Crippen molar-refractivity contribution in [1.82, 2.24) is 0 Å². The number of nitrogens with one attached hydrogen (secondary N) is 2. The SMILES string of the molecule is N#Cc1ccc(NS(=O)(=O)c2cccc(C(=O)Nc3ccccc3)c2)cc1. The van der Waals surface area contributed by atoms with Crippen molar-refractivity contribution in [3.05, 3.63) is 90.0 Å². The Labute approximate surface area is 157 Å². The number of hydrogen-bond donors (Lipinski definition) is 2. The number of nitriles is 1. The zero-order chi connectivity index (χ0) is 19.3. The minimum Gasteiger partial charge on any atom is -0.322 e. The van der Waals surface area contributed by atoms with E-state index in [0.29, 0.717) is 16.9 Å². The molecule has 0 saturated heterocycles. The Morgan fingerprint density at radius 1 is 0.852 bits per heavy atom. The van der Waals surface area contributed by atoms with E-state index in [1.165, 1.54) is 42.5 Å². The molecule has 0 unspecified atom stereocenters. The molecule has 0 bridgehead atoms. The lowest BCUT2D eigenvalue weighted by Crippen LogP contribution is -2.16. The first kappa shape index (κ1) is 18.2. The Morgan fingerprint density at radius 2 is 1.56 bits per heavy atom. The topological polar surface area (TPSA) is 99.1 Å². The molecule has 0 saturated carbocycles. The van der Waals surface area contributed by atoms with Crippen molar-refractivity contribution in [2.75, 3.05) is 10.0 Å². The number of nitrogens with zero attached hydrogens (tertiary/aromatic N) is 1. The van der Waals surface area contributed by atoms with Crippen LogP contribution in [-0.2, 0) is 10.0 Å². The summed E-state index contributed by atoms with van der Waals surface area (Å²) in [5.41, 5.74) is 1.60. The lowest BCUT2D eigenvalue weighted by molar-refractivity contribution is 0.102. The molecule has 0 spiro atoms. The maximum Gasteiger partial charge on any atom is 0.261 e. The highest BCUT2D eigenvalue weighted by molar-refractivity contribution is 7.92. The molecule has 0 atom stereocenters. The lowest BCUT2D eigenvalue weighted by atomic mass is 10.2. The van der Waals surface area contributed by atoms with Crippen molar-refractivity contribution < 1.29 is 13.2 Å². The summed E-state index contributed by atoms with van der Waals surface area (Å²) in [5, 5.41) is 11.5. The second-order valence-corrected chi connectivity index (χ2v) is 7.33. The lowest BCUT2D eigenvalue weighted by Gasteiger charge is -2.10. The van der Waals surface area contributed by atoms with Gasteiger partial charge in [0, 0.05) is 16.9 Å². The van der Waals surface area contributed by atoms with Gasteiger partial charge in [0.15, 0.2) is 0 Å². The average Bonchev–Trinajstić information content (AvgIpc) is 2.69. The van der Waals surface area contributed by atoms with Crippen LogP contribution in [0.5, 0.6) is 0 Å². The number of anilines is 2. The van der Waals surface area contributed by atoms with Gasteiger partial charge in [-0.15, -0.1) is 0 Å². The molecule has 0 heterocycles. The third-order valence-corrected chi connectivity index (χ3v) is 5.08. The van der Waals surface area contributed by atoms with Gasteiger partial charge in [0.1, 0.15) is 0 Å². The van der Waals surface area contributed by atoms with Crippen LogP contribution in [0.15, 0.2) is 83.8 Å². The van der Waals surface area contributed by atoms with Gasteiger partial charge in [0.2, 0.25) is 0 Å². The van der Waals surface area contributed by atoms with Gasteiger partial charge in [-0.05, 0) is 54.6 Å². The first-order valence-corrected chi connectivity index (χ1v) is 9.46. The first-order valence-electron chi connectivity index (χ1n) is 7.97. The Hall–Kier alpha value is -3.63. The fraction of sp³-hybridized carbons (Fsp3) is 0. The summed E-state index contributed by atoms with van der Waals surface area (Å²) in [6, 6.07) is 22.7. The highest BCUT2D eigenvalue weighted by atomic mass is 32.2. The zero-order valence-corrected chi connectivity index (χ0v) is 14.9. The molecule has 27 heavy (non-hydrogen) atoms. The molecular formula is C20H15N3O3S. The maximum absolute atomic E-state index is 12.6. The molecule has 0 aliphatic rings. The Morgan fingerprint density at radius 3 is 2.22 bits per heavy atom. The van der Waals surface area contributed by atoms with E-state index in [0.717, 1.165) is 0 Å². The molecule has 134 valence electrons. The van der Waals surface area contributed by atoms with Gasteiger partial charge >= 0.3 is 0 Å². The van der Waals surface area contributed by atoms with Crippen molar-refractivity contribution >= 4 is 27.3 Å². The highest BCUT2D eigenvalue weighted by Gasteiger charge is 2.16. The largest absolute Gasteiger partial charge is 0.322 e. The van der Waals surface area contributed by atoms with Crippen molar-refractivity contribution in [2.24, 2.45) is 0 Å². The van der Waals surface area contributed by atoms with Gasteiger partial charge in [-0.3, -0.25) is 9.52 Å². The number of rotatable bonds is 5. The van der Waals surface area contributed by atoms with Crippen molar-refractivity contribution in [3.63, 3.8) is 0 Å². The summed E-state index contributed by atoms with van der Waals surface area (Å²) in [7, 11) is -3.87. The summed E-state index contributed by atoms with van der Waals surface area (Å²) in [4.78, 5) is 12.3. The van der Waals surface area contributed by atoms with E-state index < -0.39 is 15.9 Å². The van der Waals surface area contributed by atoms with E-state index in [1.54, 1.807) is 30.3 Å². The fourth-order valence-electron chi connectivity index (χ4n) is 2.36. The Balaban J connectivity index is 1.81. The van der Waals surface area contributed by atoms with E-state index in [4.69, 9.17) is 5.26 Å². The number of amides is 1. The normalized spacial score (nSPS) is 10.6. The fourth-order valence-corrected chi connectivity index (χ4v) is 3.46. The van der Waals surface area contributed by atoms with E-state index in [2.05, 4.69) is 10.0 Å². The number of benzene rings is 3. The quantitative estimate of drug-likeness (QED) is 0.709. The summed E-state index contributed by atoms with van der Waals surface area (Å²) >= 11 is 0. The third kappa shape index (κ3) is 4.51. The van der Waals surface area contributed by atoms with Crippen molar-refractivity contribution in [1.29, 1.82) is 5.26 Å². The van der Waals surface area contributed by atoms with E-state index in [1.807, 2.05) is 12.1 Å². The minimum atomic E-state index is -3.87. The summed E-state index contributed by atoms with van der Waals surface area (Å²) in [5.74, 6) is -0.406. The molecule has 6 nitrogen and oxygen atoms in total. The van der Waals surface area contributed by atoms with Crippen LogP contribution < -0.4 is 10.0 Å².